The average Bonchev–Trinajstić information content (AvgIpc) is 3.81. The Hall–Kier alpha value is -4.25. The van der Waals surface area contributed by atoms with Crippen LogP contribution < -0.4 is 20.1 Å². The SMILES string of the molecule is CNC(=O)C1(Oc2cc(Oc3ccc(-c4nnc5n4CCCCC5)cc3)cc(C(=O)Nc3nc4c(s3)CCC4)c2)CCCC1. The number of amides is 2. The lowest BCUT2D eigenvalue weighted by atomic mass is 10.0. The molecule has 4 aromatic rings. The van der Waals surface area contributed by atoms with Crippen molar-refractivity contribution in [3.63, 3.8) is 0 Å². The highest BCUT2D eigenvalue weighted by atomic mass is 32.1. The van der Waals surface area contributed by atoms with E-state index in [9.17, 15) is 9.59 Å². The monoisotopic (exact) mass is 612 g/mol. The Morgan fingerprint density at radius 3 is 2.50 bits per heavy atom. The molecule has 0 unspecified atom stereocenters. The first-order valence-electron chi connectivity index (χ1n) is 15.6. The number of carbonyl (C=O) groups excluding carboxylic acids is 2. The van der Waals surface area contributed by atoms with Crippen LogP contribution in [0.3, 0.4) is 0 Å². The van der Waals surface area contributed by atoms with Gasteiger partial charge in [-0.1, -0.05) is 6.42 Å². The van der Waals surface area contributed by atoms with Gasteiger partial charge in [-0.2, -0.15) is 0 Å². The zero-order valence-corrected chi connectivity index (χ0v) is 25.7. The quantitative estimate of drug-likeness (QED) is 0.247. The van der Waals surface area contributed by atoms with E-state index in [2.05, 4.69) is 30.4 Å². The van der Waals surface area contributed by atoms with Crippen molar-refractivity contribution < 1.29 is 19.1 Å². The molecule has 2 aromatic carbocycles. The van der Waals surface area contributed by atoms with Gasteiger partial charge in [-0.25, -0.2) is 4.98 Å². The summed E-state index contributed by atoms with van der Waals surface area (Å²) in [6, 6.07) is 12.8. The third-order valence-corrected chi connectivity index (χ3v) is 9.85. The van der Waals surface area contributed by atoms with Crippen LogP contribution in [0.1, 0.15) is 78.1 Å². The van der Waals surface area contributed by atoms with Gasteiger partial charge in [0.2, 0.25) is 0 Å². The minimum Gasteiger partial charge on any atom is -0.477 e. The summed E-state index contributed by atoms with van der Waals surface area (Å²) in [6.07, 6.45) is 10.5. The van der Waals surface area contributed by atoms with Crippen molar-refractivity contribution in [1.29, 1.82) is 0 Å². The number of nitrogens with one attached hydrogen (secondary N) is 2. The number of benzene rings is 2. The van der Waals surface area contributed by atoms with Crippen LogP contribution in [0, 0.1) is 0 Å². The van der Waals surface area contributed by atoms with E-state index >= 15 is 0 Å². The number of thiazole rings is 1. The summed E-state index contributed by atoms with van der Waals surface area (Å²) in [5, 5.41) is 15.2. The van der Waals surface area contributed by atoms with E-state index in [1.807, 2.05) is 24.3 Å². The Kier molecular flexibility index (Phi) is 7.80. The zero-order chi connectivity index (χ0) is 30.1. The summed E-state index contributed by atoms with van der Waals surface area (Å²) in [5.74, 6) is 2.88. The number of hydrogen-bond donors (Lipinski definition) is 2. The Morgan fingerprint density at radius 2 is 1.70 bits per heavy atom. The lowest BCUT2D eigenvalue weighted by Gasteiger charge is -2.28. The topological polar surface area (TPSA) is 120 Å². The van der Waals surface area contributed by atoms with Gasteiger partial charge >= 0.3 is 0 Å². The number of carbonyl (C=O) groups is 2. The molecule has 0 spiro atoms. The molecular formula is C33H36N6O4S. The third kappa shape index (κ3) is 5.68. The Bertz CT molecular complexity index is 1670. The smallest absolute Gasteiger partial charge is 0.263 e. The number of rotatable bonds is 8. The van der Waals surface area contributed by atoms with Crippen LogP contribution in [0.2, 0.25) is 0 Å². The van der Waals surface area contributed by atoms with Crippen LogP contribution in [0.4, 0.5) is 5.13 Å². The molecule has 11 heteroatoms. The van der Waals surface area contributed by atoms with Gasteiger partial charge < -0.3 is 19.4 Å². The van der Waals surface area contributed by atoms with Crippen LogP contribution in [0.5, 0.6) is 17.2 Å². The van der Waals surface area contributed by atoms with Gasteiger partial charge in [-0.05, 0) is 94.2 Å². The molecule has 228 valence electrons. The fourth-order valence-electron chi connectivity index (χ4n) is 6.52. The summed E-state index contributed by atoms with van der Waals surface area (Å²) in [6.45, 7) is 0.925. The van der Waals surface area contributed by atoms with Crippen molar-refractivity contribution in [3.05, 3.63) is 64.4 Å². The van der Waals surface area contributed by atoms with E-state index in [-0.39, 0.29) is 11.8 Å². The van der Waals surface area contributed by atoms with E-state index < -0.39 is 5.60 Å². The van der Waals surface area contributed by atoms with E-state index in [0.29, 0.717) is 40.8 Å². The minimum absolute atomic E-state index is 0.161. The molecule has 44 heavy (non-hydrogen) atoms. The van der Waals surface area contributed by atoms with Gasteiger partial charge in [0, 0.05) is 42.1 Å². The number of fused-ring (bicyclic) bond motifs is 2. The maximum absolute atomic E-state index is 13.5. The molecule has 0 bridgehead atoms. The number of aryl methyl sites for hydroxylation is 3. The number of aromatic nitrogens is 4. The van der Waals surface area contributed by atoms with Crippen molar-refractivity contribution in [1.82, 2.24) is 25.1 Å². The van der Waals surface area contributed by atoms with Gasteiger partial charge in [0.05, 0.1) is 5.69 Å². The molecule has 1 fully saturated rings. The Morgan fingerprint density at radius 1 is 0.886 bits per heavy atom. The van der Waals surface area contributed by atoms with E-state index in [4.69, 9.17) is 9.47 Å². The maximum atomic E-state index is 13.5. The van der Waals surface area contributed by atoms with E-state index in [1.165, 1.54) is 22.6 Å². The minimum atomic E-state index is -0.977. The standard InChI is InChI=1S/C33H36N6O4S/c1-34-31(41)33(15-4-5-16-33)43-25-19-22(30(40)36-32-35-26-8-7-9-27(26)44-32)18-24(20-25)42-23-13-11-21(12-14-23)29-38-37-28-10-3-2-6-17-39(28)29/h11-14,18-20H,2-10,15-17H2,1H3,(H,34,41)(H,35,36,40). The third-order valence-electron chi connectivity index (χ3n) is 8.78. The fraction of sp³-hybridized carbons (Fsp3) is 0.424. The highest BCUT2D eigenvalue weighted by molar-refractivity contribution is 7.16. The predicted octanol–water partition coefficient (Wildman–Crippen LogP) is 6.10. The molecule has 1 saturated carbocycles. The zero-order valence-electron chi connectivity index (χ0n) is 24.9. The number of nitrogens with zero attached hydrogens (tertiary/aromatic N) is 4. The Labute approximate surface area is 260 Å². The van der Waals surface area contributed by atoms with E-state index in [0.717, 1.165) is 80.8 Å². The highest BCUT2D eigenvalue weighted by Crippen LogP contribution is 2.38. The number of hydrogen-bond acceptors (Lipinski definition) is 8. The summed E-state index contributed by atoms with van der Waals surface area (Å²) < 4.78 is 14.9. The van der Waals surface area contributed by atoms with E-state index in [1.54, 1.807) is 25.2 Å². The van der Waals surface area contributed by atoms with Crippen LogP contribution in [0.15, 0.2) is 42.5 Å². The fourth-order valence-corrected chi connectivity index (χ4v) is 7.56. The second kappa shape index (κ2) is 12.0. The summed E-state index contributed by atoms with van der Waals surface area (Å²) in [5.41, 5.74) is 1.43. The molecule has 7 rings (SSSR count). The second-order valence-corrected chi connectivity index (χ2v) is 12.9. The molecule has 3 aliphatic rings. The molecule has 2 amide bonds. The molecule has 3 heterocycles. The molecule has 2 aromatic heterocycles. The molecule has 0 saturated heterocycles. The van der Waals surface area contributed by atoms with Gasteiger partial charge in [0.25, 0.3) is 11.8 Å². The normalized spacial score (nSPS) is 16.9. The van der Waals surface area contributed by atoms with Crippen molar-refractivity contribution in [2.24, 2.45) is 0 Å². The number of likely N-dealkylation sites (N-methyl/N-ethyl adjacent to an activating group) is 1. The first-order valence-corrected chi connectivity index (χ1v) is 16.4. The van der Waals surface area contributed by atoms with Crippen LogP contribution in [0.25, 0.3) is 11.4 Å². The Balaban J connectivity index is 1.16. The first kappa shape index (κ1) is 28.5. The largest absolute Gasteiger partial charge is 0.477 e. The van der Waals surface area contributed by atoms with Gasteiger partial charge in [0.1, 0.15) is 23.1 Å². The average molecular weight is 613 g/mol. The second-order valence-electron chi connectivity index (χ2n) is 11.8. The molecule has 2 N–H and O–H groups in total. The van der Waals surface area contributed by atoms with Gasteiger partial charge in [-0.15, -0.1) is 21.5 Å². The molecule has 2 aliphatic carbocycles. The first-order chi connectivity index (χ1) is 21.5. The van der Waals surface area contributed by atoms with Crippen molar-refractivity contribution in [2.45, 2.75) is 82.8 Å². The maximum Gasteiger partial charge on any atom is 0.263 e. The number of anilines is 1. The molecule has 0 radical (unpaired) electrons. The molecular weight excluding hydrogens is 576 g/mol. The molecule has 10 nitrogen and oxygen atoms in total. The van der Waals surface area contributed by atoms with Crippen molar-refractivity contribution in [2.75, 3.05) is 12.4 Å². The van der Waals surface area contributed by atoms with Gasteiger partial charge in [0.15, 0.2) is 16.6 Å². The predicted molar refractivity (Wildman–Crippen MR) is 168 cm³/mol. The summed E-state index contributed by atoms with van der Waals surface area (Å²) in [7, 11) is 1.62. The van der Waals surface area contributed by atoms with Crippen molar-refractivity contribution in [3.8, 4) is 28.6 Å². The lowest BCUT2D eigenvalue weighted by Crippen LogP contribution is -2.48. The summed E-state index contributed by atoms with van der Waals surface area (Å²) in [4.78, 5) is 32.2. The van der Waals surface area contributed by atoms with Crippen molar-refractivity contribution >= 4 is 28.3 Å². The molecule has 0 atom stereocenters. The van der Waals surface area contributed by atoms with Crippen LogP contribution in [-0.4, -0.2) is 44.2 Å². The van der Waals surface area contributed by atoms with Crippen LogP contribution >= 0.6 is 11.3 Å². The van der Waals surface area contributed by atoms with Gasteiger partial charge in [-0.3, -0.25) is 14.9 Å². The van der Waals surface area contributed by atoms with Crippen LogP contribution in [-0.2, 0) is 30.6 Å². The summed E-state index contributed by atoms with van der Waals surface area (Å²) >= 11 is 1.53. The molecule has 1 aliphatic heterocycles. The number of ether oxygens (including phenoxy) is 2. The highest BCUT2D eigenvalue weighted by Gasteiger charge is 2.43. The lowest BCUT2D eigenvalue weighted by molar-refractivity contribution is -0.135.